The average Bonchev–Trinajstić information content (AvgIpc) is 3.11. The van der Waals surface area contributed by atoms with E-state index in [0.29, 0.717) is 10.9 Å². The van der Waals surface area contributed by atoms with Gasteiger partial charge in [-0.3, -0.25) is 0 Å². The monoisotopic (exact) mass is 368 g/mol. The van der Waals surface area contributed by atoms with Crippen molar-refractivity contribution in [2.45, 2.75) is 20.0 Å². The first-order valence-electron chi connectivity index (χ1n) is 8.06. The Morgan fingerprint density at radius 2 is 1.96 bits per heavy atom. The van der Waals surface area contributed by atoms with Crippen molar-refractivity contribution >= 4 is 23.6 Å². The van der Waals surface area contributed by atoms with Crippen molar-refractivity contribution in [3.8, 4) is 11.5 Å². The van der Waals surface area contributed by atoms with Crippen LogP contribution in [0.15, 0.2) is 59.0 Å². The van der Waals surface area contributed by atoms with Crippen molar-refractivity contribution in [1.29, 1.82) is 0 Å². The Labute approximate surface area is 156 Å². The summed E-state index contributed by atoms with van der Waals surface area (Å²) in [6.45, 7) is 3.68. The SMILES string of the molecule is Cc1ccc(-c2nnc([C@@H](C)OC(=O)/C=C/c3cccc(Cl)c3)o2)cc1. The normalized spacial score (nSPS) is 12.3. The first-order valence-corrected chi connectivity index (χ1v) is 8.44. The van der Waals surface area contributed by atoms with Crippen molar-refractivity contribution < 1.29 is 13.9 Å². The van der Waals surface area contributed by atoms with Crippen LogP contribution in [0.1, 0.15) is 30.0 Å². The van der Waals surface area contributed by atoms with E-state index in [0.717, 1.165) is 16.7 Å². The van der Waals surface area contributed by atoms with E-state index in [9.17, 15) is 4.79 Å². The van der Waals surface area contributed by atoms with Crippen LogP contribution in [0.25, 0.3) is 17.5 Å². The number of rotatable bonds is 5. The summed E-state index contributed by atoms with van der Waals surface area (Å²) in [5, 5.41) is 8.57. The molecule has 0 aliphatic carbocycles. The quantitative estimate of drug-likeness (QED) is 0.467. The molecule has 1 atom stereocenters. The zero-order valence-electron chi connectivity index (χ0n) is 14.3. The molecule has 0 saturated heterocycles. The number of hydrogen-bond donors (Lipinski definition) is 0. The number of hydrogen-bond acceptors (Lipinski definition) is 5. The summed E-state index contributed by atoms with van der Waals surface area (Å²) in [4.78, 5) is 12.0. The Balaban J connectivity index is 1.63. The topological polar surface area (TPSA) is 65.2 Å². The Morgan fingerprint density at radius 3 is 2.69 bits per heavy atom. The number of ether oxygens (including phenoxy) is 1. The van der Waals surface area contributed by atoms with Gasteiger partial charge in [0.1, 0.15) is 0 Å². The largest absolute Gasteiger partial charge is 0.449 e. The van der Waals surface area contributed by atoms with Gasteiger partial charge in [0.25, 0.3) is 5.89 Å². The van der Waals surface area contributed by atoms with Crippen molar-refractivity contribution in [3.63, 3.8) is 0 Å². The van der Waals surface area contributed by atoms with Crippen LogP contribution in [0, 0.1) is 6.92 Å². The van der Waals surface area contributed by atoms with Gasteiger partial charge in [-0.15, -0.1) is 10.2 Å². The summed E-state index contributed by atoms with van der Waals surface area (Å²) in [5.74, 6) is 0.120. The zero-order valence-corrected chi connectivity index (χ0v) is 15.1. The molecule has 0 spiro atoms. The maximum atomic E-state index is 12.0. The van der Waals surface area contributed by atoms with E-state index >= 15 is 0 Å². The Bertz CT molecular complexity index is 932. The van der Waals surface area contributed by atoms with Crippen LogP contribution in [0.3, 0.4) is 0 Å². The van der Waals surface area contributed by atoms with E-state index in [4.69, 9.17) is 20.8 Å². The number of halogens is 1. The third-order valence-corrected chi connectivity index (χ3v) is 3.88. The molecule has 6 heteroatoms. The molecule has 0 unspecified atom stereocenters. The third-order valence-electron chi connectivity index (χ3n) is 3.64. The molecular weight excluding hydrogens is 352 g/mol. The van der Waals surface area contributed by atoms with Crippen LogP contribution < -0.4 is 0 Å². The molecule has 3 aromatic rings. The molecule has 26 heavy (non-hydrogen) atoms. The number of aromatic nitrogens is 2. The van der Waals surface area contributed by atoms with Crippen molar-refractivity contribution in [2.75, 3.05) is 0 Å². The fourth-order valence-corrected chi connectivity index (χ4v) is 2.45. The second kappa shape index (κ2) is 7.97. The fraction of sp³-hybridized carbons (Fsp3) is 0.150. The average molecular weight is 369 g/mol. The first-order chi connectivity index (χ1) is 12.5. The molecule has 0 bridgehead atoms. The van der Waals surface area contributed by atoms with Crippen LogP contribution in [0.4, 0.5) is 0 Å². The molecular formula is C20H17ClN2O3. The molecule has 1 aromatic heterocycles. The maximum absolute atomic E-state index is 12.0. The van der Waals surface area contributed by atoms with Gasteiger partial charge < -0.3 is 9.15 Å². The highest BCUT2D eigenvalue weighted by Gasteiger charge is 2.18. The van der Waals surface area contributed by atoms with E-state index < -0.39 is 12.1 Å². The maximum Gasteiger partial charge on any atom is 0.331 e. The first kappa shape index (κ1) is 17.9. The predicted molar refractivity (Wildman–Crippen MR) is 99.5 cm³/mol. The lowest BCUT2D eigenvalue weighted by atomic mass is 10.1. The molecule has 0 N–H and O–H groups in total. The smallest absolute Gasteiger partial charge is 0.331 e. The molecule has 5 nitrogen and oxygen atoms in total. The van der Waals surface area contributed by atoms with Crippen LogP contribution in [0.2, 0.25) is 5.02 Å². The number of carbonyl (C=O) groups excluding carboxylic acids is 1. The minimum absolute atomic E-state index is 0.241. The minimum Gasteiger partial charge on any atom is -0.449 e. The van der Waals surface area contributed by atoms with Crippen LogP contribution in [-0.4, -0.2) is 16.2 Å². The van der Waals surface area contributed by atoms with Gasteiger partial charge in [0.2, 0.25) is 5.89 Å². The standard InChI is InChI=1S/C20H17ClN2O3/c1-13-6-9-16(10-7-13)20-23-22-19(26-20)14(2)25-18(24)11-8-15-4-3-5-17(21)12-15/h3-12,14H,1-2H3/b11-8+/t14-/m1/s1. The highest BCUT2D eigenvalue weighted by atomic mass is 35.5. The highest BCUT2D eigenvalue weighted by Crippen LogP contribution is 2.23. The molecule has 0 aliphatic heterocycles. The fourth-order valence-electron chi connectivity index (χ4n) is 2.25. The number of aryl methyl sites for hydroxylation is 1. The second-order valence-corrected chi connectivity index (χ2v) is 6.22. The summed E-state index contributed by atoms with van der Waals surface area (Å²) < 4.78 is 10.9. The number of benzene rings is 2. The molecule has 0 fully saturated rings. The summed E-state index contributed by atoms with van der Waals surface area (Å²) in [6.07, 6.45) is 2.31. The summed E-state index contributed by atoms with van der Waals surface area (Å²) in [7, 11) is 0. The highest BCUT2D eigenvalue weighted by molar-refractivity contribution is 6.30. The summed E-state index contributed by atoms with van der Waals surface area (Å²) in [6, 6.07) is 14.9. The molecule has 3 rings (SSSR count). The van der Waals surface area contributed by atoms with Crippen LogP contribution >= 0.6 is 11.6 Å². The second-order valence-electron chi connectivity index (χ2n) is 5.78. The van der Waals surface area contributed by atoms with E-state index in [1.54, 1.807) is 31.2 Å². The Hall–Kier alpha value is -2.92. The third kappa shape index (κ3) is 4.58. The number of carbonyl (C=O) groups is 1. The Kier molecular flexibility index (Phi) is 5.49. The van der Waals surface area contributed by atoms with Gasteiger partial charge in [0.05, 0.1) is 0 Å². The number of nitrogens with zero attached hydrogens (tertiary/aromatic N) is 2. The lowest BCUT2D eigenvalue weighted by Gasteiger charge is -2.06. The van der Waals surface area contributed by atoms with Crippen molar-refractivity contribution in [1.82, 2.24) is 10.2 Å². The van der Waals surface area contributed by atoms with E-state index in [1.807, 2.05) is 37.3 Å². The van der Waals surface area contributed by atoms with Crippen LogP contribution in [0.5, 0.6) is 0 Å². The van der Waals surface area contributed by atoms with Gasteiger partial charge in [-0.05, 0) is 49.8 Å². The van der Waals surface area contributed by atoms with Gasteiger partial charge >= 0.3 is 5.97 Å². The van der Waals surface area contributed by atoms with Crippen LogP contribution in [-0.2, 0) is 9.53 Å². The predicted octanol–water partition coefficient (Wildman–Crippen LogP) is 5.02. The molecule has 132 valence electrons. The van der Waals surface area contributed by atoms with E-state index in [2.05, 4.69) is 10.2 Å². The molecule has 2 aromatic carbocycles. The Morgan fingerprint density at radius 1 is 1.19 bits per heavy atom. The molecule has 0 amide bonds. The zero-order chi connectivity index (χ0) is 18.5. The molecule has 0 aliphatic rings. The van der Waals surface area contributed by atoms with E-state index in [1.165, 1.54) is 6.08 Å². The molecule has 1 heterocycles. The minimum atomic E-state index is -0.654. The van der Waals surface area contributed by atoms with Gasteiger partial charge in [-0.1, -0.05) is 41.4 Å². The lowest BCUT2D eigenvalue weighted by Crippen LogP contribution is -2.06. The van der Waals surface area contributed by atoms with Gasteiger partial charge in [0.15, 0.2) is 6.10 Å². The van der Waals surface area contributed by atoms with Gasteiger partial charge in [-0.25, -0.2) is 4.79 Å². The van der Waals surface area contributed by atoms with Crippen molar-refractivity contribution in [2.24, 2.45) is 0 Å². The summed E-state index contributed by atoms with van der Waals surface area (Å²) >= 11 is 5.91. The lowest BCUT2D eigenvalue weighted by molar-refractivity contribution is -0.143. The van der Waals surface area contributed by atoms with Gasteiger partial charge in [-0.2, -0.15) is 0 Å². The summed E-state index contributed by atoms with van der Waals surface area (Å²) in [5.41, 5.74) is 2.76. The molecule has 0 radical (unpaired) electrons. The number of esters is 1. The van der Waals surface area contributed by atoms with Crippen molar-refractivity contribution in [3.05, 3.63) is 76.6 Å². The molecule has 0 saturated carbocycles. The van der Waals surface area contributed by atoms with Gasteiger partial charge in [0, 0.05) is 16.7 Å². The van der Waals surface area contributed by atoms with E-state index in [-0.39, 0.29) is 5.89 Å².